The summed E-state index contributed by atoms with van der Waals surface area (Å²) < 4.78 is 49.3. The lowest BCUT2D eigenvalue weighted by Crippen LogP contribution is -2.48. The molecule has 8 heteroatoms. The van der Waals surface area contributed by atoms with Crippen molar-refractivity contribution >= 4 is 19.9 Å². The van der Waals surface area contributed by atoms with E-state index in [0.29, 0.717) is 18.8 Å². The van der Waals surface area contributed by atoms with E-state index >= 15 is 0 Å². The maximum absolute atomic E-state index is 12.1. The Bertz CT molecular complexity index is 556. The van der Waals surface area contributed by atoms with E-state index in [1.165, 1.54) is 0 Å². The van der Waals surface area contributed by atoms with Gasteiger partial charge < -0.3 is 5.11 Å². The standard InChI is InChI=1S/C12H23NO5S2/c1-10-3-2-5-12(14,7-10)9-13-20(17,18)11-4-6-19(15,16)8-11/h10-11,13-14H,2-9H2,1H3. The van der Waals surface area contributed by atoms with E-state index in [1.807, 2.05) is 6.92 Å². The number of aliphatic hydroxyl groups is 1. The maximum atomic E-state index is 12.1. The van der Waals surface area contributed by atoms with Crippen LogP contribution in [0, 0.1) is 5.92 Å². The molecular formula is C12H23NO5S2. The highest BCUT2D eigenvalue weighted by Gasteiger charge is 2.39. The molecule has 1 saturated carbocycles. The quantitative estimate of drug-likeness (QED) is 0.760. The summed E-state index contributed by atoms with van der Waals surface area (Å²) in [5.74, 6) is 0.00180. The zero-order valence-electron chi connectivity index (χ0n) is 11.7. The summed E-state index contributed by atoms with van der Waals surface area (Å²) in [7, 11) is -6.90. The second-order valence-corrected chi connectivity index (χ2v) is 10.6. The van der Waals surface area contributed by atoms with E-state index in [2.05, 4.69) is 4.72 Å². The molecule has 3 atom stereocenters. The fraction of sp³-hybridized carbons (Fsp3) is 1.00. The third-order valence-corrected chi connectivity index (χ3v) is 8.11. The largest absolute Gasteiger partial charge is 0.389 e. The summed E-state index contributed by atoms with van der Waals surface area (Å²) in [5, 5.41) is 9.53. The van der Waals surface area contributed by atoms with Crippen molar-refractivity contribution in [3.63, 3.8) is 0 Å². The monoisotopic (exact) mass is 325 g/mol. The van der Waals surface area contributed by atoms with Gasteiger partial charge in [-0.05, 0) is 25.2 Å². The molecule has 0 spiro atoms. The van der Waals surface area contributed by atoms with Crippen molar-refractivity contribution < 1.29 is 21.9 Å². The molecular weight excluding hydrogens is 302 g/mol. The lowest BCUT2D eigenvalue weighted by molar-refractivity contribution is -0.00754. The molecule has 3 unspecified atom stereocenters. The molecule has 6 nitrogen and oxygen atoms in total. The lowest BCUT2D eigenvalue weighted by atomic mass is 9.79. The van der Waals surface area contributed by atoms with Crippen LogP contribution in [-0.2, 0) is 19.9 Å². The van der Waals surface area contributed by atoms with Crippen molar-refractivity contribution in [3.8, 4) is 0 Å². The fourth-order valence-electron chi connectivity index (χ4n) is 3.15. The molecule has 0 radical (unpaired) electrons. The van der Waals surface area contributed by atoms with Crippen LogP contribution < -0.4 is 4.72 Å². The van der Waals surface area contributed by atoms with Crippen molar-refractivity contribution in [2.45, 2.75) is 49.9 Å². The van der Waals surface area contributed by atoms with Gasteiger partial charge in [-0.3, -0.25) is 0 Å². The molecule has 2 N–H and O–H groups in total. The van der Waals surface area contributed by atoms with Gasteiger partial charge in [0.05, 0.1) is 22.4 Å². The van der Waals surface area contributed by atoms with Gasteiger partial charge in [0.15, 0.2) is 9.84 Å². The van der Waals surface area contributed by atoms with Gasteiger partial charge in [0.25, 0.3) is 0 Å². The summed E-state index contributed by atoms with van der Waals surface area (Å²) in [6.45, 7) is 2.03. The van der Waals surface area contributed by atoms with Crippen LogP contribution in [0.5, 0.6) is 0 Å². The molecule has 1 heterocycles. The Hall–Kier alpha value is -0.180. The number of hydrogen-bond donors (Lipinski definition) is 2. The van der Waals surface area contributed by atoms with E-state index < -0.39 is 30.7 Å². The molecule has 0 aromatic heterocycles. The van der Waals surface area contributed by atoms with Crippen LogP contribution in [0.15, 0.2) is 0 Å². The van der Waals surface area contributed by atoms with E-state index in [-0.39, 0.29) is 24.5 Å². The molecule has 20 heavy (non-hydrogen) atoms. The molecule has 0 bridgehead atoms. The molecule has 1 saturated heterocycles. The van der Waals surface area contributed by atoms with Gasteiger partial charge in [0.2, 0.25) is 10.0 Å². The molecule has 0 aromatic carbocycles. The minimum Gasteiger partial charge on any atom is -0.389 e. The molecule has 2 rings (SSSR count). The number of sulfone groups is 1. The predicted octanol–water partition coefficient (Wildman–Crippen LogP) is 0.0341. The van der Waals surface area contributed by atoms with E-state index in [9.17, 15) is 21.9 Å². The number of nitrogens with one attached hydrogen (secondary N) is 1. The Labute approximate surface area is 120 Å². The van der Waals surface area contributed by atoms with Gasteiger partial charge in [-0.25, -0.2) is 21.6 Å². The number of sulfonamides is 1. The van der Waals surface area contributed by atoms with Gasteiger partial charge >= 0.3 is 0 Å². The predicted molar refractivity (Wildman–Crippen MR) is 76.6 cm³/mol. The van der Waals surface area contributed by atoms with Gasteiger partial charge in [0.1, 0.15) is 0 Å². The van der Waals surface area contributed by atoms with Crippen LogP contribution >= 0.6 is 0 Å². The Morgan fingerprint density at radius 3 is 2.60 bits per heavy atom. The van der Waals surface area contributed by atoms with Gasteiger partial charge in [-0.2, -0.15) is 0 Å². The molecule has 118 valence electrons. The summed E-state index contributed by atoms with van der Waals surface area (Å²) in [6, 6.07) is 0. The average molecular weight is 325 g/mol. The Morgan fingerprint density at radius 1 is 1.35 bits per heavy atom. The summed E-state index contributed by atoms with van der Waals surface area (Å²) in [4.78, 5) is 0. The Morgan fingerprint density at radius 2 is 2.05 bits per heavy atom. The van der Waals surface area contributed by atoms with Crippen molar-refractivity contribution in [1.29, 1.82) is 0 Å². The zero-order valence-corrected chi connectivity index (χ0v) is 13.3. The fourth-order valence-corrected chi connectivity index (χ4v) is 7.32. The first kappa shape index (κ1) is 16.2. The third kappa shape index (κ3) is 3.93. The highest BCUT2D eigenvalue weighted by atomic mass is 32.2. The topological polar surface area (TPSA) is 101 Å². The van der Waals surface area contributed by atoms with Gasteiger partial charge in [-0.1, -0.05) is 19.8 Å². The first-order valence-corrected chi connectivity index (χ1v) is 10.4. The van der Waals surface area contributed by atoms with Crippen molar-refractivity contribution in [3.05, 3.63) is 0 Å². The van der Waals surface area contributed by atoms with E-state index in [0.717, 1.165) is 12.8 Å². The summed E-state index contributed by atoms with van der Waals surface area (Å²) >= 11 is 0. The molecule has 2 fully saturated rings. The maximum Gasteiger partial charge on any atom is 0.215 e. The molecule has 0 aromatic rings. The first-order chi connectivity index (χ1) is 9.12. The molecule has 2 aliphatic rings. The van der Waals surface area contributed by atoms with Gasteiger partial charge in [-0.15, -0.1) is 0 Å². The van der Waals surface area contributed by atoms with Crippen molar-refractivity contribution in [1.82, 2.24) is 4.72 Å². The van der Waals surface area contributed by atoms with E-state index in [4.69, 9.17) is 0 Å². The zero-order chi connectivity index (χ0) is 15.0. The highest BCUT2D eigenvalue weighted by molar-refractivity contribution is 7.95. The average Bonchev–Trinajstić information content (AvgIpc) is 2.68. The summed E-state index contributed by atoms with van der Waals surface area (Å²) in [6.07, 6.45) is 3.25. The second-order valence-electron chi connectivity index (χ2n) is 6.32. The van der Waals surface area contributed by atoms with Crippen molar-refractivity contribution in [2.75, 3.05) is 18.1 Å². The molecule has 1 aliphatic heterocycles. The minimum absolute atomic E-state index is 0.0176. The van der Waals surface area contributed by atoms with Crippen LogP contribution in [-0.4, -0.2) is 50.8 Å². The molecule has 1 aliphatic carbocycles. The van der Waals surface area contributed by atoms with Crippen LogP contribution in [0.4, 0.5) is 0 Å². The first-order valence-electron chi connectivity index (χ1n) is 7.03. The Balaban J connectivity index is 1.96. The SMILES string of the molecule is CC1CCCC(O)(CNS(=O)(=O)C2CCS(=O)(=O)C2)C1. The second kappa shape index (κ2) is 5.55. The molecule has 0 amide bonds. The van der Waals surface area contributed by atoms with Gasteiger partial charge in [0, 0.05) is 6.54 Å². The van der Waals surface area contributed by atoms with Crippen molar-refractivity contribution in [2.24, 2.45) is 5.92 Å². The number of rotatable bonds is 4. The summed E-state index contributed by atoms with van der Waals surface area (Å²) in [5.41, 5.74) is -0.998. The third-order valence-electron chi connectivity index (χ3n) is 4.30. The highest BCUT2D eigenvalue weighted by Crippen LogP contribution is 2.32. The van der Waals surface area contributed by atoms with Crippen LogP contribution in [0.2, 0.25) is 0 Å². The Kier molecular flexibility index (Phi) is 4.49. The van der Waals surface area contributed by atoms with Crippen LogP contribution in [0.1, 0.15) is 39.0 Å². The van der Waals surface area contributed by atoms with Crippen LogP contribution in [0.3, 0.4) is 0 Å². The minimum atomic E-state index is -3.68. The van der Waals surface area contributed by atoms with Crippen LogP contribution in [0.25, 0.3) is 0 Å². The normalized spacial score (nSPS) is 37.9. The smallest absolute Gasteiger partial charge is 0.215 e. The van der Waals surface area contributed by atoms with E-state index in [1.54, 1.807) is 0 Å². The number of hydrogen-bond acceptors (Lipinski definition) is 5. The lowest BCUT2D eigenvalue weighted by Gasteiger charge is -2.35.